The van der Waals surface area contributed by atoms with Gasteiger partial charge in [-0.05, 0) is 95.7 Å². The van der Waals surface area contributed by atoms with Crippen LogP contribution >= 0.6 is 23.4 Å². The number of nitro groups is 1. The summed E-state index contributed by atoms with van der Waals surface area (Å²) in [6.07, 6.45) is 5.15. The molecule has 0 saturated heterocycles. The molecule has 204 valence electrons. The molecule has 0 spiro atoms. The van der Waals surface area contributed by atoms with Gasteiger partial charge < -0.3 is 4.84 Å². The summed E-state index contributed by atoms with van der Waals surface area (Å²) in [7, 11) is 0. The highest BCUT2D eigenvalue weighted by Gasteiger charge is 2.43. The summed E-state index contributed by atoms with van der Waals surface area (Å²) in [5.74, 6) is 0.409. The van der Waals surface area contributed by atoms with Gasteiger partial charge in [0.05, 0.1) is 10.6 Å². The van der Waals surface area contributed by atoms with Crippen molar-refractivity contribution in [3.8, 4) is 11.1 Å². The normalized spacial score (nSPS) is 13.6. The number of halogens is 1. The van der Waals surface area contributed by atoms with Crippen LogP contribution in [0.25, 0.3) is 11.1 Å². The Labute approximate surface area is 238 Å². The zero-order valence-corrected chi connectivity index (χ0v) is 24.1. The number of carbonyl (C=O) groups is 1. The van der Waals surface area contributed by atoms with Crippen molar-refractivity contribution in [3.05, 3.63) is 92.5 Å². The summed E-state index contributed by atoms with van der Waals surface area (Å²) in [6, 6.07) is 19.3. The molecule has 6 nitrogen and oxygen atoms in total. The highest BCUT2D eigenvalue weighted by Crippen LogP contribution is 2.54. The Bertz CT molecular complexity index is 1380. The van der Waals surface area contributed by atoms with Gasteiger partial charge in [0.2, 0.25) is 0 Å². The van der Waals surface area contributed by atoms with Crippen molar-refractivity contribution in [1.82, 2.24) is 0 Å². The molecule has 0 radical (unpaired) electrons. The lowest BCUT2D eigenvalue weighted by atomic mass is 9.71. The first kappa shape index (κ1) is 28.8. The number of benzene rings is 3. The molecule has 0 N–H and O–H groups in total. The number of hydrogen-bond acceptors (Lipinski definition) is 6. The molecule has 1 aliphatic carbocycles. The van der Waals surface area contributed by atoms with E-state index in [-0.39, 0.29) is 16.0 Å². The van der Waals surface area contributed by atoms with Gasteiger partial charge in [-0.25, -0.2) is 4.79 Å². The van der Waals surface area contributed by atoms with Gasteiger partial charge in [-0.1, -0.05) is 55.6 Å². The predicted octanol–water partition coefficient (Wildman–Crippen LogP) is 8.95. The Balaban J connectivity index is 1.68. The maximum atomic E-state index is 11.6. The molecule has 8 heteroatoms. The first-order valence-electron chi connectivity index (χ1n) is 13.4. The topological polar surface area (TPSA) is 81.8 Å². The fourth-order valence-electron chi connectivity index (χ4n) is 5.62. The van der Waals surface area contributed by atoms with Crippen LogP contribution in [-0.2, 0) is 15.0 Å². The first-order chi connectivity index (χ1) is 18.8. The Morgan fingerprint density at radius 3 is 2.26 bits per heavy atom. The smallest absolute Gasteiger partial charge is 0.318 e. The summed E-state index contributed by atoms with van der Waals surface area (Å²) in [5, 5.41) is 16.6. The van der Waals surface area contributed by atoms with Gasteiger partial charge in [-0.15, -0.1) is 11.8 Å². The van der Waals surface area contributed by atoms with Gasteiger partial charge in [-0.2, -0.15) is 0 Å². The van der Waals surface area contributed by atoms with Crippen LogP contribution in [0.3, 0.4) is 0 Å². The number of non-ortho nitro benzene ring substituents is 1. The van der Waals surface area contributed by atoms with E-state index >= 15 is 0 Å². The fraction of sp³-hybridized carbons (Fsp3) is 0.355. The van der Waals surface area contributed by atoms with Crippen molar-refractivity contribution in [2.75, 3.05) is 5.75 Å². The van der Waals surface area contributed by atoms with Crippen LogP contribution in [0.4, 0.5) is 5.69 Å². The molecule has 3 aromatic carbocycles. The third kappa shape index (κ3) is 6.36. The van der Waals surface area contributed by atoms with Crippen LogP contribution in [-0.4, -0.2) is 22.4 Å². The third-order valence-electron chi connectivity index (χ3n) is 7.17. The van der Waals surface area contributed by atoms with E-state index < -0.39 is 5.97 Å². The number of thioether (sulfide) groups is 1. The molecule has 0 amide bonds. The molecular formula is C31H33ClN2O4S. The Morgan fingerprint density at radius 1 is 1.00 bits per heavy atom. The van der Waals surface area contributed by atoms with E-state index in [1.165, 1.54) is 12.5 Å². The summed E-state index contributed by atoms with van der Waals surface area (Å²) >= 11 is 7.74. The average molecular weight is 565 g/mol. The van der Waals surface area contributed by atoms with E-state index in [0.29, 0.717) is 17.2 Å². The molecule has 0 aromatic heterocycles. The Hall–Kier alpha value is -3.16. The van der Waals surface area contributed by atoms with Crippen LogP contribution in [0, 0.1) is 10.1 Å². The molecule has 0 fully saturated rings. The molecule has 39 heavy (non-hydrogen) atoms. The van der Waals surface area contributed by atoms with Crippen molar-refractivity contribution in [3.63, 3.8) is 0 Å². The second-order valence-corrected chi connectivity index (χ2v) is 11.5. The minimum absolute atomic E-state index is 0.119. The van der Waals surface area contributed by atoms with E-state index in [1.54, 1.807) is 23.9 Å². The minimum Gasteiger partial charge on any atom is -0.318 e. The molecule has 0 atom stereocenters. The van der Waals surface area contributed by atoms with Gasteiger partial charge in [-0.3, -0.25) is 10.1 Å². The highest BCUT2D eigenvalue weighted by molar-refractivity contribution is 7.99. The summed E-state index contributed by atoms with van der Waals surface area (Å²) in [6.45, 7) is 5.65. The monoisotopic (exact) mass is 564 g/mol. The average Bonchev–Trinajstić information content (AvgIpc) is 3.18. The first-order valence-corrected chi connectivity index (χ1v) is 14.7. The largest absolute Gasteiger partial charge is 0.331 e. The van der Waals surface area contributed by atoms with Crippen molar-refractivity contribution in [2.24, 2.45) is 5.16 Å². The number of rotatable bonds is 12. The zero-order chi connectivity index (χ0) is 28.0. The van der Waals surface area contributed by atoms with Crippen molar-refractivity contribution < 1.29 is 14.6 Å². The number of hydrogen-bond donors (Lipinski definition) is 0. The molecule has 1 aliphatic rings. The number of oxime groups is 1. The molecule has 0 unspecified atom stereocenters. The lowest BCUT2D eigenvalue weighted by Crippen LogP contribution is -2.25. The van der Waals surface area contributed by atoms with Gasteiger partial charge in [0, 0.05) is 34.4 Å². The SMILES string of the molecule is CCCC1(CCC)c2cc(/C(CCCSc3ccc(Cl)cc3)=N/OC(C)=O)ccc2-c2ccc([N+](=O)[O-])cc21. The summed E-state index contributed by atoms with van der Waals surface area (Å²) in [5.41, 5.74) is 5.80. The lowest BCUT2D eigenvalue weighted by molar-refractivity contribution is -0.384. The van der Waals surface area contributed by atoms with Crippen molar-refractivity contribution in [1.29, 1.82) is 0 Å². The lowest BCUT2D eigenvalue weighted by Gasteiger charge is -2.32. The molecule has 0 bridgehead atoms. The van der Waals surface area contributed by atoms with Crippen LogP contribution in [0.5, 0.6) is 0 Å². The summed E-state index contributed by atoms with van der Waals surface area (Å²) < 4.78 is 0. The van der Waals surface area contributed by atoms with Crippen LogP contribution < -0.4 is 0 Å². The van der Waals surface area contributed by atoms with Gasteiger partial charge in [0.15, 0.2) is 0 Å². The Kier molecular flexibility index (Phi) is 9.46. The number of nitrogens with zero attached hydrogens (tertiary/aromatic N) is 2. The van der Waals surface area contributed by atoms with Crippen LogP contribution in [0.1, 0.15) is 76.0 Å². The maximum Gasteiger partial charge on any atom is 0.331 e. The molecule has 3 aromatic rings. The number of carbonyl (C=O) groups excluding carboxylic acids is 1. The predicted molar refractivity (Wildman–Crippen MR) is 159 cm³/mol. The molecular weight excluding hydrogens is 532 g/mol. The van der Waals surface area contributed by atoms with Crippen molar-refractivity contribution >= 4 is 40.7 Å². The second-order valence-electron chi connectivity index (χ2n) is 9.86. The van der Waals surface area contributed by atoms with E-state index in [9.17, 15) is 14.9 Å². The standard InChI is InChI=1S/C31H33ClN2O4S/c1-4-16-31(17-5-2)28-19-22(8-14-26(28)27-15-11-24(34(36)37)20-29(27)31)30(33-38-21(3)35)7-6-18-39-25-12-9-23(32)10-13-25/h8-15,19-20H,4-7,16-18H2,1-3H3/b33-30+. The van der Waals surface area contributed by atoms with Gasteiger partial charge in [0.25, 0.3) is 5.69 Å². The summed E-state index contributed by atoms with van der Waals surface area (Å²) in [4.78, 5) is 29.2. The van der Waals surface area contributed by atoms with E-state index in [2.05, 4.69) is 31.1 Å². The second kappa shape index (κ2) is 12.8. The third-order valence-corrected chi connectivity index (χ3v) is 8.52. The van der Waals surface area contributed by atoms with E-state index in [0.717, 1.165) is 65.0 Å². The molecule has 0 heterocycles. The zero-order valence-electron chi connectivity index (χ0n) is 22.5. The Morgan fingerprint density at radius 2 is 1.64 bits per heavy atom. The highest BCUT2D eigenvalue weighted by atomic mass is 35.5. The molecule has 0 saturated carbocycles. The van der Waals surface area contributed by atoms with Crippen molar-refractivity contribution in [2.45, 2.75) is 69.6 Å². The molecule has 4 rings (SSSR count). The van der Waals surface area contributed by atoms with E-state index in [4.69, 9.17) is 16.4 Å². The number of nitro benzene ring substituents is 1. The van der Waals surface area contributed by atoms with Gasteiger partial charge >= 0.3 is 5.97 Å². The quantitative estimate of drug-likeness (QED) is 0.0547. The molecule has 0 aliphatic heterocycles. The maximum absolute atomic E-state index is 11.6. The number of fused-ring (bicyclic) bond motifs is 3. The van der Waals surface area contributed by atoms with Gasteiger partial charge in [0.1, 0.15) is 0 Å². The van der Waals surface area contributed by atoms with Crippen LogP contribution in [0.2, 0.25) is 5.02 Å². The fourth-order valence-corrected chi connectivity index (χ4v) is 6.59. The van der Waals surface area contributed by atoms with E-state index in [1.807, 2.05) is 36.4 Å². The van der Waals surface area contributed by atoms with Crippen LogP contribution in [0.15, 0.2) is 70.7 Å². The minimum atomic E-state index is -0.463.